The number of hydrogen-bond donors (Lipinski definition) is 0. The number of carbonyl (C=O) groups is 2. The third-order valence-electron chi connectivity index (χ3n) is 3.47. The van der Waals surface area contributed by atoms with E-state index in [1.165, 1.54) is 0 Å². The number of ether oxygens (including phenoxy) is 2. The molecule has 0 fully saturated rings. The molecule has 0 aliphatic carbocycles. The number of esters is 1. The first kappa shape index (κ1) is 19.1. The first-order valence-electron chi connectivity index (χ1n) is 7.74. The van der Waals surface area contributed by atoms with E-state index in [4.69, 9.17) is 9.47 Å². The van der Waals surface area contributed by atoms with Crippen LogP contribution in [0.3, 0.4) is 0 Å². The Balaban J connectivity index is 3.60. The predicted molar refractivity (Wildman–Crippen MR) is 79.6 cm³/mol. The molecule has 0 spiro atoms. The van der Waals surface area contributed by atoms with Crippen LogP contribution in [-0.2, 0) is 19.1 Å². The summed E-state index contributed by atoms with van der Waals surface area (Å²) in [4.78, 5) is 22.4. The summed E-state index contributed by atoms with van der Waals surface area (Å²) in [6.07, 6.45) is 7.64. The molecule has 1 atom stereocenters. The molecule has 4 heteroatoms. The second-order valence-corrected chi connectivity index (χ2v) is 5.35. The van der Waals surface area contributed by atoms with Crippen molar-refractivity contribution < 1.29 is 19.1 Å². The van der Waals surface area contributed by atoms with Crippen molar-refractivity contribution in [3.63, 3.8) is 0 Å². The van der Waals surface area contributed by atoms with Crippen molar-refractivity contribution in [2.75, 3.05) is 20.3 Å². The van der Waals surface area contributed by atoms with Gasteiger partial charge in [0.1, 0.15) is 12.4 Å². The molecule has 0 aromatic heterocycles. The molecular formula is C16H30O4. The Hall–Kier alpha value is -0.900. The molecule has 118 valence electrons. The Morgan fingerprint density at radius 3 is 2.35 bits per heavy atom. The van der Waals surface area contributed by atoms with Gasteiger partial charge in [0.2, 0.25) is 0 Å². The third-order valence-corrected chi connectivity index (χ3v) is 3.47. The smallest absolute Gasteiger partial charge is 0.306 e. The minimum Gasteiger partial charge on any atom is -0.463 e. The predicted octanol–water partition coefficient (Wildman–Crippen LogP) is 3.52. The number of unbranched alkanes of at least 4 members (excludes halogenated alkanes) is 3. The van der Waals surface area contributed by atoms with Gasteiger partial charge in [0.25, 0.3) is 0 Å². The van der Waals surface area contributed by atoms with Crippen LogP contribution in [0.15, 0.2) is 0 Å². The highest BCUT2D eigenvalue weighted by Crippen LogP contribution is 2.18. The van der Waals surface area contributed by atoms with Crippen LogP contribution in [-0.4, -0.2) is 32.1 Å². The fourth-order valence-corrected chi connectivity index (χ4v) is 2.14. The average molecular weight is 286 g/mol. The van der Waals surface area contributed by atoms with Gasteiger partial charge in [0.05, 0.1) is 6.61 Å². The topological polar surface area (TPSA) is 52.6 Å². The van der Waals surface area contributed by atoms with Crippen molar-refractivity contribution in [3.8, 4) is 0 Å². The lowest BCUT2D eigenvalue weighted by atomic mass is 9.95. The van der Waals surface area contributed by atoms with E-state index >= 15 is 0 Å². The maximum atomic E-state index is 11.6. The molecule has 0 aromatic carbocycles. The summed E-state index contributed by atoms with van der Waals surface area (Å²) in [6, 6.07) is 0. The molecule has 0 rings (SSSR count). The molecule has 0 saturated heterocycles. The van der Waals surface area contributed by atoms with Gasteiger partial charge in [-0.1, -0.05) is 32.6 Å². The van der Waals surface area contributed by atoms with Crippen molar-refractivity contribution in [2.24, 2.45) is 5.92 Å². The van der Waals surface area contributed by atoms with Gasteiger partial charge in [-0.15, -0.1) is 0 Å². The summed E-state index contributed by atoms with van der Waals surface area (Å²) in [6.45, 7) is 4.56. The van der Waals surface area contributed by atoms with E-state index in [9.17, 15) is 9.59 Å². The molecule has 0 saturated carbocycles. The first-order valence-corrected chi connectivity index (χ1v) is 7.74. The van der Waals surface area contributed by atoms with Crippen molar-refractivity contribution in [1.82, 2.24) is 0 Å². The quantitative estimate of drug-likeness (QED) is 0.384. The zero-order chi connectivity index (χ0) is 15.2. The van der Waals surface area contributed by atoms with Crippen LogP contribution in [0.25, 0.3) is 0 Å². The van der Waals surface area contributed by atoms with Crippen LogP contribution in [0.5, 0.6) is 0 Å². The SMILES string of the molecule is CCC(CCCCCCC(C)=O)CC(=O)OCCOC. The summed E-state index contributed by atoms with van der Waals surface area (Å²) in [7, 11) is 1.59. The number of methoxy groups -OCH3 is 1. The van der Waals surface area contributed by atoms with E-state index in [-0.39, 0.29) is 11.8 Å². The van der Waals surface area contributed by atoms with Crippen LogP contribution in [0, 0.1) is 5.92 Å². The van der Waals surface area contributed by atoms with E-state index in [0.29, 0.717) is 32.0 Å². The highest BCUT2D eigenvalue weighted by Gasteiger charge is 2.12. The summed E-state index contributed by atoms with van der Waals surface area (Å²) in [5.74, 6) is 0.568. The Kier molecular flexibility index (Phi) is 12.5. The molecule has 0 bridgehead atoms. The van der Waals surface area contributed by atoms with Crippen LogP contribution < -0.4 is 0 Å². The van der Waals surface area contributed by atoms with Gasteiger partial charge >= 0.3 is 5.97 Å². The van der Waals surface area contributed by atoms with Gasteiger partial charge in [-0.05, 0) is 25.7 Å². The second-order valence-electron chi connectivity index (χ2n) is 5.35. The number of ketones is 1. The molecule has 4 nitrogen and oxygen atoms in total. The molecule has 20 heavy (non-hydrogen) atoms. The first-order chi connectivity index (χ1) is 9.60. The summed E-state index contributed by atoms with van der Waals surface area (Å²) >= 11 is 0. The summed E-state index contributed by atoms with van der Waals surface area (Å²) in [5.41, 5.74) is 0. The van der Waals surface area contributed by atoms with E-state index < -0.39 is 0 Å². The molecule has 1 unspecified atom stereocenters. The van der Waals surface area contributed by atoms with E-state index in [1.807, 2.05) is 0 Å². The highest BCUT2D eigenvalue weighted by atomic mass is 16.6. The molecule has 0 aliphatic heterocycles. The lowest BCUT2D eigenvalue weighted by molar-refractivity contribution is -0.146. The molecule has 0 N–H and O–H groups in total. The van der Waals surface area contributed by atoms with E-state index in [1.54, 1.807) is 14.0 Å². The molecule has 0 heterocycles. The Bertz CT molecular complexity index is 263. The summed E-state index contributed by atoms with van der Waals surface area (Å²) in [5, 5.41) is 0. The fourth-order valence-electron chi connectivity index (χ4n) is 2.14. The zero-order valence-corrected chi connectivity index (χ0v) is 13.3. The van der Waals surface area contributed by atoms with Crippen molar-refractivity contribution in [2.45, 2.75) is 65.2 Å². The maximum Gasteiger partial charge on any atom is 0.306 e. The number of Topliss-reactive ketones (excluding diaryl/α,β-unsaturated/α-hetero) is 1. The zero-order valence-electron chi connectivity index (χ0n) is 13.3. The normalized spacial score (nSPS) is 12.2. The number of rotatable bonds is 13. The van der Waals surface area contributed by atoms with Gasteiger partial charge < -0.3 is 14.3 Å². The Morgan fingerprint density at radius 2 is 1.75 bits per heavy atom. The molecular weight excluding hydrogens is 256 g/mol. The molecule has 0 radical (unpaired) electrons. The van der Waals surface area contributed by atoms with Gasteiger partial charge in [0.15, 0.2) is 0 Å². The lowest BCUT2D eigenvalue weighted by Crippen LogP contribution is -2.14. The molecule has 0 aliphatic rings. The summed E-state index contributed by atoms with van der Waals surface area (Å²) < 4.78 is 9.93. The van der Waals surface area contributed by atoms with E-state index in [0.717, 1.165) is 38.5 Å². The maximum absolute atomic E-state index is 11.6. The highest BCUT2D eigenvalue weighted by molar-refractivity contribution is 5.75. The largest absolute Gasteiger partial charge is 0.463 e. The van der Waals surface area contributed by atoms with Gasteiger partial charge in [-0.3, -0.25) is 4.79 Å². The number of carbonyl (C=O) groups excluding carboxylic acids is 2. The van der Waals surface area contributed by atoms with Gasteiger partial charge in [-0.2, -0.15) is 0 Å². The standard InChI is InChI=1S/C16H30O4/c1-4-15(13-16(18)20-12-11-19-3)10-8-6-5-7-9-14(2)17/h15H,4-13H2,1-3H3. The Morgan fingerprint density at radius 1 is 1.05 bits per heavy atom. The van der Waals surface area contributed by atoms with E-state index in [2.05, 4.69) is 6.92 Å². The number of hydrogen-bond acceptors (Lipinski definition) is 4. The van der Waals surface area contributed by atoms with Gasteiger partial charge in [-0.25, -0.2) is 0 Å². The fraction of sp³-hybridized carbons (Fsp3) is 0.875. The molecule has 0 amide bonds. The van der Waals surface area contributed by atoms with Crippen molar-refractivity contribution in [3.05, 3.63) is 0 Å². The van der Waals surface area contributed by atoms with Gasteiger partial charge in [0, 0.05) is 20.0 Å². The molecule has 0 aromatic rings. The van der Waals surface area contributed by atoms with Crippen LogP contribution in [0.2, 0.25) is 0 Å². The lowest BCUT2D eigenvalue weighted by Gasteiger charge is -2.14. The van der Waals surface area contributed by atoms with Crippen LogP contribution in [0.4, 0.5) is 0 Å². The van der Waals surface area contributed by atoms with Crippen LogP contribution >= 0.6 is 0 Å². The monoisotopic (exact) mass is 286 g/mol. The second kappa shape index (κ2) is 13.1. The van der Waals surface area contributed by atoms with Crippen LogP contribution in [0.1, 0.15) is 65.2 Å². The van der Waals surface area contributed by atoms with Crippen molar-refractivity contribution in [1.29, 1.82) is 0 Å². The third kappa shape index (κ3) is 12.2. The average Bonchev–Trinajstić information content (AvgIpc) is 2.41. The minimum atomic E-state index is -0.120. The Labute approximate surface area is 123 Å². The van der Waals surface area contributed by atoms with Crippen molar-refractivity contribution >= 4 is 11.8 Å². The minimum absolute atomic E-state index is 0.120.